The molecule has 0 aliphatic carbocycles. The topological polar surface area (TPSA) is 52.6 Å². The van der Waals surface area contributed by atoms with Crippen molar-refractivity contribution in [2.45, 2.75) is 33.1 Å². The highest BCUT2D eigenvalue weighted by Crippen LogP contribution is 2.05. The summed E-state index contributed by atoms with van der Waals surface area (Å²) < 4.78 is 8.64. The maximum Gasteiger partial charge on any atom is 0.333 e. The highest BCUT2D eigenvalue weighted by molar-refractivity contribution is 5.87. The Bertz CT molecular complexity index is 243. The molecule has 0 atom stereocenters. The van der Waals surface area contributed by atoms with E-state index in [1.165, 1.54) is 14.0 Å². The minimum absolute atomic E-state index is 0.284. The smallest absolute Gasteiger partial charge is 0.333 e. The highest BCUT2D eigenvalue weighted by Gasteiger charge is 2.03. The molecule has 4 nitrogen and oxygen atoms in total. The first-order chi connectivity index (χ1) is 7.49. The van der Waals surface area contributed by atoms with Crippen LogP contribution in [0.3, 0.4) is 0 Å². The average molecular weight is 228 g/mol. The Morgan fingerprint density at radius 2 is 1.94 bits per heavy atom. The first-order valence-electron chi connectivity index (χ1n) is 5.03. The molecule has 92 valence electrons. The van der Waals surface area contributed by atoms with Crippen molar-refractivity contribution in [1.29, 1.82) is 0 Å². The van der Waals surface area contributed by atoms with Gasteiger partial charge in [-0.2, -0.15) is 0 Å². The van der Waals surface area contributed by atoms with Crippen LogP contribution in [0.1, 0.15) is 33.1 Å². The van der Waals surface area contributed by atoms with Crippen molar-refractivity contribution in [2.24, 2.45) is 0 Å². The second kappa shape index (κ2) is 11.5. The van der Waals surface area contributed by atoms with Crippen LogP contribution >= 0.6 is 0 Å². The summed E-state index contributed by atoms with van der Waals surface area (Å²) >= 11 is 0. The zero-order valence-electron chi connectivity index (χ0n) is 10.2. The summed E-state index contributed by atoms with van der Waals surface area (Å²) in [7, 11) is 1.37. The fraction of sp³-hybridized carbons (Fsp3) is 0.500. The van der Waals surface area contributed by atoms with Gasteiger partial charge in [-0.05, 0) is 12.8 Å². The Balaban J connectivity index is 0. The second-order valence-corrected chi connectivity index (χ2v) is 2.97. The molecular weight excluding hydrogens is 208 g/mol. The summed E-state index contributed by atoms with van der Waals surface area (Å²) in [5.41, 5.74) is 0.573. The third kappa shape index (κ3) is 12.4. The first kappa shape index (κ1) is 16.8. The van der Waals surface area contributed by atoms with E-state index in [-0.39, 0.29) is 11.9 Å². The molecular formula is C12H20O4. The van der Waals surface area contributed by atoms with Gasteiger partial charge in [0, 0.05) is 12.5 Å². The summed E-state index contributed by atoms with van der Waals surface area (Å²) in [5, 5.41) is 0. The lowest BCUT2D eigenvalue weighted by Gasteiger charge is -2.00. The van der Waals surface area contributed by atoms with Crippen LogP contribution in [0.25, 0.3) is 0 Å². The largest absolute Gasteiger partial charge is 0.466 e. The van der Waals surface area contributed by atoms with Gasteiger partial charge in [-0.3, -0.25) is 4.79 Å². The van der Waals surface area contributed by atoms with Crippen LogP contribution in [0.4, 0.5) is 0 Å². The number of esters is 2. The molecule has 0 unspecified atom stereocenters. The minimum Gasteiger partial charge on any atom is -0.466 e. The lowest BCUT2D eigenvalue weighted by molar-refractivity contribution is -0.136. The predicted molar refractivity (Wildman–Crippen MR) is 62.6 cm³/mol. The van der Waals surface area contributed by atoms with Crippen molar-refractivity contribution < 1.29 is 19.1 Å². The molecule has 0 heterocycles. The maximum absolute atomic E-state index is 10.7. The van der Waals surface area contributed by atoms with Crippen LogP contribution < -0.4 is 0 Å². The summed E-state index contributed by atoms with van der Waals surface area (Å²) in [4.78, 5) is 20.4. The van der Waals surface area contributed by atoms with Gasteiger partial charge in [-0.25, -0.2) is 4.79 Å². The summed E-state index contributed by atoms with van der Waals surface area (Å²) in [5.74, 6) is -0.613. The van der Waals surface area contributed by atoms with Gasteiger partial charge < -0.3 is 9.47 Å². The van der Waals surface area contributed by atoms with E-state index in [1.807, 2.05) is 0 Å². The van der Waals surface area contributed by atoms with E-state index >= 15 is 0 Å². The Morgan fingerprint density at radius 3 is 2.19 bits per heavy atom. The second-order valence-electron chi connectivity index (χ2n) is 2.97. The number of unbranched alkanes of at least 4 members (excludes halogenated alkanes) is 1. The average Bonchev–Trinajstić information content (AvgIpc) is 2.25. The molecule has 0 bridgehead atoms. The lowest BCUT2D eigenvalue weighted by Crippen LogP contribution is -2.02. The molecule has 0 saturated heterocycles. The minimum atomic E-state index is -0.329. The van der Waals surface area contributed by atoms with E-state index in [0.717, 1.165) is 25.5 Å². The molecule has 0 saturated carbocycles. The normalized spacial score (nSPS) is 8.19. The molecule has 0 spiro atoms. The Labute approximate surface area is 96.9 Å². The maximum atomic E-state index is 10.7. The van der Waals surface area contributed by atoms with Crippen LogP contribution in [0, 0.1) is 0 Å². The predicted octanol–water partition coefficient (Wildman–Crippen LogP) is 2.60. The quantitative estimate of drug-likeness (QED) is 0.412. The van der Waals surface area contributed by atoms with Gasteiger partial charge in [-0.1, -0.05) is 26.5 Å². The zero-order chi connectivity index (χ0) is 13.0. The Morgan fingerprint density at radius 1 is 1.38 bits per heavy atom. The van der Waals surface area contributed by atoms with E-state index in [2.05, 4.69) is 29.6 Å². The van der Waals surface area contributed by atoms with E-state index < -0.39 is 0 Å². The molecule has 0 rings (SSSR count). The number of hydrogen-bond acceptors (Lipinski definition) is 4. The Kier molecular flexibility index (Phi) is 12.1. The summed E-state index contributed by atoms with van der Waals surface area (Å²) in [6.07, 6.45) is 3.94. The van der Waals surface area contributed by atoms with E-state index in [1.54, 1.807) is 0 Å². The van der Waals surface area contributed by atoms with Crippen LogP contribution in [-0.4, -0.2) is 19.0 Å². The van der Waals surface area contributed by atoms with E-state index in [0.29, 0.717) is 5.57 Å². The van der Waals surface area contributed by atoms with Crippen molar-refractivity contribution in [2.75, 3.05) is 7.11 Å². The molecule has 0 radical (unpaired) electrons. The SMILES string of the molecule is C=C(CCCC)C(=O)OC.C=COC(C)=O. The zero-order valence-corrected chi connectivity index (χ0v) is 10.2. The number of carbonyl (C=O) groups excluding carboxylic acids is 2. The summed E-state index contributed by atoms with van der Waals surface area (Å²) in [6, 6.07) is 0. The lowest BCUT2D eigenvalue weighted by atomic mass is 10.1. The number of rotatable bonds is 5. The van der Waals surface area contributed by atoms with E-state index in [4.69, 9.17) is 0 Å². The third-order valence-electron chi connectivity index (χ3n) is 1.56. The van der Waals surface area contributed by atoms with Gasteiger partial charge in [0.1, 0.15) is 0 Å². The molecule has 0 amide bonds. The van der Waals surface area contributed by atoms with Gasteiger partial charge in [0.05, 0.1) is 13.4 Å². The van der Waals surface area contributed by atoms with Gasteiger partial charge in [0.25, 0.3) is 0 Å². The number of ether oxygens (including phenoxy) is 2. The van der Waals surface area contributed by atoms with Crippen molar-refractivity contribution >= 4 is 11.9 Å². The van der Waals surface area contributed by atoms with Crippen molar-refractivity contribution in [3.05, 3.63) is 25.0 Å². The van der Waals surface area contributed by atoms with Crippen LogP contribution in [-0.2, 0) is 19.1 Å². The fourth-order valence-corrected chi connectivity index (χ4v) is 0.754. The molecule has 0 aromatic rings. The summed E-state index contributed by atoms with van der Waals surface area (Å²) in [6.45, 7) is 10.1. The van der Waals surface area contributed by atoms with Crippen LogP contribution in [0.15, 0.2) is 25.0 Å². The van der Waals surface area contributed by atoms with Crippen molar-refractivity contribution in [3.8, 4) is 0 Å². The third-order valence-corrected chi connectivity index (χ3v) is 1.56. The molecule has 4 heteroatoms. The molecule has 0 aliphatic rings. The van der Waals surface area contributed by atoms with Gasteiger partial charge in [0.15, 0.2) is 0 Å². The molecule has 0 N–H and O–H groups in total. The van der Waals surface area contributed by atoms with Crippen molar-refractivity contribution in [3.63, 3.8) is 0 Å². The van der Waals surface area contributed by atoms with Crippen LogP contribution in [0.5, 0.6) is 0 Å². The van der Waals surface area contributed by atoms with Crippen molar-refractivity contribution in [1.82, 2.24) is 0 Å². The number of hydrogen-bond donors (Lipinski definition) is 0. The molecule has 16 heavy (non-hydrogen) atoms. The molecule has 0 aromatic heterocycles. The fourth-order valence-electron chi connectivity index (χ4n) is 0.754. The van der Waals surface area contributed by atoms with Gasteiger partial charge in [0.2, 0.25) is 0 Å². The van der Waals surface area contributed by atoms with Crippen LogP contribution in [0.2, 0.25) is 0 Å². The molecule has 0 aliphatic heterocycles. The first-order valence-corrected chi connectivity index (χ1v) is 5.03. The monoisotopic (exact) mass is 228 g/mol. The number of methoxy groups -OCH3 is 1. The standard InChI is InChI=1S/C8H14O2.C4H6O2/c1-4-5-6-7(2)8(9)10-3;1-3-6-4(2)5/h2,4-6H2,1,3H3;3H,1H2,2H3. The highest BCUT2D eigenvalue weighted by atomic mass is 16.5. The van der Waals surface area contributed by atoms with Gasteiger partial charge in [-0.15, -0.1) is 0 Å². The number of carbonyl (C=O) groups is 2. The Hall–Kier alpha value is -1.58. The molecule has 0 aromatic carbocycles. The molecule has 0 fully saturated rings. The van der Waals surface area contributed by atoms with E-state index in [9.17, 15) is 9.59 Å². The van der Waals surface area contributed by atoms with Gasteiger partial charge >= 0.3 is 11.9 Å².